The van der Waals surface area contributed by atoms with Crippen LogP contribution < -0.4 is 0 Å². The number of allylic oxidation sites excluding steroid dienone is 22. The number of esters is 3. The number of carbonyl (C=O) groups excluding carboxylic acids is 3. The molecule has 0 aliphatic heterocycles. The highest BCUT2D eigenvalue weighted by Crippen LogP contribution is 2.12. The van der Waals surface area contributed by atoms with Gasteiger partial charge in [-0.15, -0.1) is 0 Å². The van der Waals surface area contributed by atoms with E-state index in [2.05, 4.69) is 93.7 Å². The van der Waals surface area contributed by atoms with Gasteiger partial charge in [-0.3, -0.25) is 14.4 Å². The molecule has 0 aromatic carbocycles. The summed E-state index contributed by atoms with van der Waals surface area (Å²) in [5, 5.41) is 0. The third kappa shape index (κ3) is 48.4. The molecule has 6 heteroatoms. The average Bonchev–Trinajstić information content (AvgIpc) is 3.28. The first-order valence-electron chi connectivity index (χ1n) is 24.8. The third-order valence-electron chi connectivity index (χ3n) is 9.86. The smallest absolute Gasteiger partial charge is 0.306 e. The Kier molecular flexibility index (Phi) is 46.7. The van der Waals surface area contributed by atoms with Crippen LogP contribution in [0, 0.1) is 0 Å². The van der Waals surface area contributed by atoms with Crippen LogP contribution in [0.15, 0.2) is 134 Å². The maximum Gasteiger partial charge on any atom is 0.306 e. The molecular formula is C57H88O6. The minimum absolute atomic E-state index is 0.116. The standard InChI is InChI=1S/C57H88O6/c1-4-7-10-13-16-19-22-24-26-28-30-31-33-35-38-41-44-47-50-56(59)62-53-54(52-61-55(58)49-46-43-40-37-21-18-15-12-9-6-3)63-57(60)51-48-45-42-39-36-34-32-29-27-25-23-20-17-14-11-8-5-2/h8,11,14-20,22-32,34,36,54H,4-7,9-10,12-13,21,33,35,37-53H2,1-3H3/b11-8-,17-14-,18-15-,19-16-,23-20-,24-22-,27-25-,28-26-,31-30-,32-29+,36-34-. The van der Waals surface area contributed by atoms with E-state index in [0.717, 1.165) is 109 Å². The molecule has 352 valence electrons. The van der Waals surface area contributed by atoms with Crippen LogP contribution in [0.3, 0.4) is 0 Å². The van der Waals surface area contributed by atoms with Crippen LogP contribution in [0.2, 0.25) is 0 Å². The molecule has 0 aliphatic carbocycles. The van der Waals surface area contributed by atoms with Gasteiger partial charge >= 0.3 is 17.9 Å². The summed E-state index contributed by atoms with van der Waals surface area (Å²) >= 11 is 0. The van der Waals surface area contributed by atoms with Crippen molar-refractivity contribution >= 4 is 17.9 Å². The van der Waals surface area contributed by atoms with Gasteiger partial charge in [0.25, 0.3) is 0 Å². The average molecular weight is 869 g/mol. The summed E-state index contributed by atoms with van der Waals surface area (Å²) in [6.45, 7) is 6.31. The topological polar surface area (TPSA) is 78.9 Å². The van der Waals surface area contributed by atoms with Gasteiger partial charge in [-0.25, -0.2) is 0 Å². The molecule has 0 spiro atoms. The lowest BCUT2D eigenvalue weighted by Gasteiger charge is -2.18. The third-order valence-corrected chi connectivity index (χ3v) is 9.86. The molecule has 0 heterocycles. The van der Waals surface area contributed by atoms with E-state index in [0.29, 0.717) is 19.3 Å². The lowest BCUT2D eigenvalue weighted by molar-refractivity contribution is -0.167. The zero-order valence-electron chi connectivity index (χ0n) is 40.0. The number of carbonyl (C=O) groups is 3. The van der Waals surface area contributed by atoms with E-state index < -0.39 is 6.10 Å². The van der Waals surface area contributed by atoms with Gasteiger partial charge in [0.2, 0.25) is 0 Å². The molecule has 0 saturated heterocycles. The monoisotopic (exact) mass is 869 g/mol. The minimum atomic E-state index is -0.820. The quantitative estimate of drug-likeness (QED) is 0.0200. The zero-order chi connectivity index (χ0) is 45.8. The summed E-state index contributed by atoms with van der Waals surface area (Å²) in [6, 6.07) is 0. The van der Waals surface area contributed by atoms with E-state index in [4.69, 9.17) is 14.2 Å². The Morgan fingerprint density at radius 1 is 0.333 bits per heavy atom. The van der Waals surface area contributed by atoms with Gasteiger partial charge in [0.15, 0.2) is 6.10 Å². The van der Waals surface area contributed by atoms with Gasteiger partial charge in [-0.05, 0) is 83.5 Å². The van der Waals surface area contributed by atoms with Gasteiger partial charge in [-0.2, -0.15) is 0 Å². The number of hydrogen-bond acceptors (Lipinski definition) is 6. The second-order valence-electron chi connectivity index (χ2n) is 15.9. The first kappa shape index (κ1) is 58.6. The van der Waals surface area contributed by atoms with Crippen LogP contribution in [0.1, 0.15) is 188 Å². The number of rotatable bonds is 42. The van der Waals surface area contributed by atoms with Crippen molar-refractivity contribution in [3.8, 4) is 0 Å². The Balaban J connectivity index is 4.55. The number of unbranched alkanes of at least 4 members (excludes halogenated alkanes) is 17. The summed E-state index contributed by atoms with van der Waals surface area (Å²) < 4.78 is 16.7. The summed E-state index contributed by atoms with van der Waals surface area (Å²) in [5.41, 5.74) is 0. The van der Waals surface area contributed by atoms with Gasteiger partial charge in [0, 0.05) is 19.3 Å². The molecule has 63 heavy (non-hydrogen) atoms. The molecule has 1 atom stereocenters. The predicted molar refractivity (Wildman–Crippen MR) is 269 cm³/mol. The molecule has 0 aromatic rings. The van der Waals surface area contributed by atoms with Gasteiger partial charge in [-0.1, -0.05) is 219 Å². The van der Waals surface area contributed by atoms with Gasteiger partial charge < -0.3 is 14.2 Å². The fraction of sp³-hybridized carbons (Fsp3) is 0.561. The highest BCUT2D eigenvalue weighted by Gasteiger charge is 2.19. The van der Waals surface area contributed by atoms with E-state index in [9.17, 15) is 14.4 Å². The SMILES string of the molecule is CC\C=C/C=C\C=C/C=C\C=C\C=C/CCCCCC(=O)OC(COC(=O)CCCCCC/C=C\CCCC)COC(=O)CCCCCCC\C=C/C=C\C=C/C=C\CCCCC. The van der Waals surface area contributed by atoms with Crippen LogP contribution >= 0.6 is 0 Å². The molecule has 0 bridgehead atoms. The second kappa shape index (κ2) is 50.2. The van der Waals surface area contributed by atoms with Crippen molar-refractivity contribution in [1.82, 2.24) is 0 Å². The van der Waals surface area contributed by atoms with E-state index in [-0.39, 0.29) is 37.5 Å². The summed E-state index contributed by atoms with van der Waals surface area (Å²) in [5.74, 6) is -1.01. The van der Waals surface area contributed by atoms with Crippen molar-refractivity contribution in [3.05, 3.63) is 134 Å². The van der Waals surface area contributed by atoms with E-state index in [1.807, 2.05) is 60.8 Å². The Morgan fingerprint density at radius 2 is 0.651 bits per heavy atom. The van der Waals surface area contributed by atoms with Crippen LogP contribution in [-0.2, 0) is 28.6 Å². The van der Waals surface area contributed by atoms with Crippen LogP contribution in [-0.4, -0.2) is 37.2 Å². The Morgan fingerprint density at radius 3 is 1.08 bits per heavy atom. The lowest BCUT2D eigenvalue weighted by atomic mass is 10.1. The molecule has 0 radical (unpaired) electrons. The fourth-order valence-electron chi connectivity index (χ4n) is 6.11. The highest BCUT2D eigenvalue weighted by molar-refractivity contribution is 5.71. The Bertz CT molecular complexity index is 1420. The normalized spacial score (nSPS) is 13.3. The van der Waals surface area contributed by atoms with Crippen molar-refractivity contribution in [2.75, 3.05) is 13.2 Å². The van der Waals surface area contributed by atoms with Crippen LogP contribution in [0.5, 0.6) is 0 Å². The first-order valence-corrected chi connectivity index (χ1v) is 24.8. The van der Waals surface area contributed by atoms with Crippen molar-refractivity contribution in [2.24, 2.45) is 0 Å². The fourth-order valence-corrected chi connectivity index (χ4v) is 6.11. The minimum Gasteiger partial charge on any atom is -0.462 e. The lowest BCUT2D eigenvalue weighted by Crippen LogP contribution is -2.30. The van der Waals surface area contributed by atoms with E-state index in [1.54, 1.807) is 0 Å². The van der Waals surface area contributed by atoms with Crippen molar-refractivity contribution in [1.29, 1.82) is 0 Å². The van der Waals surface area contributed by atoms with Crippen molar-refractivity contribution in [2.45, 2.75) is 194 Å². The molecule has 0 aromatic heterocycles. The van der Waals surface area contributed by atoms with Crippen molar-refractivity contribution in [3.63, 3.8) is 0 Å². The largest absolute Gasteiger partial charge is 0.462 e. The van der Waals surface area contributed by atoms with Crippen LogP contribution in [0.4, 0.5) is 0 Å². The summed E-state index contributed by atoms with van der Waals surface area (Å²) in [4.78, 5) is 37.9. The summed E-state index contributed by atoms with van der Waals surface area (Å²) in [6.07, 6.45) is 70.0. The maximum absolute atomic E-state index is 12.8. The van der Waals surface area contributed by atoms with E-state index in [1.165, 1.54) is 32.1 Å². The molecule has 0 amide bonds. The maximum atomic E-state index is 12.8. The van der Waals surface area contributed by atoms with Gasteiger partial charge in [0.1, 0.15) is 13.2 Å². The molecule has 0 saturated carbocycles. The van der Waals surface area contributed by atoms with Crippen molar-refractivity contribution < 1.29 is 28.6 Å². The molecule has 0 N–H and O–H groups in total. The Hall–Kier alpha value is -4.45. The molecular weight excluding hydrogens is 781 g/mol. The molecule has 0 aliphatic rings. The molecule has 0 fully saturated rings. The Labute approximate surface area is 385 Å². The van der Waals surface area contributed by atoms with Crippen LogP contribution in [0.25, 0.3) is 0 Å². The molecule has 0 rings (SSSR count). The summed E-state index contributed by atoms with van der Waals surface area (Å²) in [7, 11) is 0. The number of hydrogen-bond donors (Lipinski definition) is 0. The highest BCUT2D eigenvalue weighted by atomic mass is 16.6. The predicted octanol–water partition coefficient (Wildman–Crippen LogP) is 16.3. The zero-order valence-corrected chi connectivity index (χ0v) is 40.0. The van der Waals surface area contributed by atoms with Gasteiger partial charge in [0.05, 0.1) is 0 Å². The second-order valence-corrected chi connectivity index (χ2v) is 15.9. The first-order chi connectivity index (χ1) is 31.0. The van der Waals surface area contributed by atoms with E-state index >= 15 is 0 Å². The molecule has 6 nitrogen and oxygen atoms in total. The number of ether oxygens (including phenoxy) is 3. The molecule has 1 unspecified atom stereocenters.